The van der Waals surface area contributed by atoms with Crippen LogP contribution in [0.25, 0.3) is 0 Å². The Bertz CT molecular complexity index is 1470. The lowest BCUT2D eigenvalue weighted by Gasteiger charge is -2.16. The summed E-state index contributed by atoms with van der Waals surface area (Å²) in [5.74, 6) is 0.989. The van der Waals surface area contributed by atoms with Crippen LogP contribution in [0, 0.1) is 0 Å². The zero-order chi connectivity index (χ0) is 26.3. The lowest BCUT2D eigenvalue weighted by Crippen LogP contribution is -2.07. The molecular weight excluding hydrogens is 476 g/mol. The molecule has 4 aliphatic carbocycles. The maximum absolute atomic E-state index is 11.2. The van der Waals surface area contributed by atoms with E-state index in [1.54, 1.807) is 9.13 Å². The molecule has 2 aromatic heterocycles. The zero-order valence-corrected chi connectivity index (χ0v) is 21.3. The Balaban J connectivity index is 1.21. The van der Waals surface area contributed by atoms with Gasteiger partial charge < -0.3 is 20.4 Å². The van der Waals surface area contributed by atoms with Gasteiger partial charge in [-0.3, -0.25) is 9.13 Å². The van der Waals surface area contributed by atoms with Crippen LogP contribution in [0.5, 0.6) is 23.5 Å². The molecule has 4 bridgehead atoms. The predicted molar refractivity (Wildman–Crippen MR) is 146 cm³/mol. The minimum Gasteiger partial charge on any atom is -0.494 e. The molecule has 194 valence electrons. The molecule has 1 aromatic carbocycles. The van der Waals surface area contributed by atoms with E-state index < -0.39 is 0 Å². The van der Waals surface area contributed by atoms with Crippen molar-refractivity contribution in [1.29, 1.82) is 0 Å². The number of nitrogens with zero attached hydrogens (tertiary/aromatic N) is 2. The van der Waals surface area contributed by atoms with Crippen molar-refractivity contribution >= 4 is 0 Å². The summed E-state index contributed by atoms with van der Waals surface area (Å²) in [6.45, 7) is 8.29. The van der Waals surface area contributed by atoms with Gasteiger partial charge in [0.15, 0.2) is 23.5 Å². The van der Waals surface area contributed by atoms with E-state index in [2.05, 4.69) is 25.3 Å². The standard InChI is InChI=1S/C32H32N2O4/c1-3-7-17-11-21-13-23(17)27-25(21)29(35)33(31(27)37)15-19-9-5-6-10-20(19)16-34-30(36)26-22-12-18(8-4-2)24(14-22)28(26)32(34)38/h3-6,9-12,21-24,35-38H,1-2,7-8,13-16H2. The van der Waals surface area contributed by atoms with Crippen molar-refractivity contribution in [3.05, 3.63) is 106 Å². The Kier molecular flexibility index (Phi) is 4.99. The Morgan fingerprint density at radius 2 is 1.05 bits per heavy atom. The van der Waals surface area contributed by atoms with Crippen LogP contribution in [-0.4, -0.2) is 29.6 Å². The van der Waals surface area contributed by atoms with Gasteiger partial charge in [0.25, 0.3) is 0 Å². The molecule has 38 heavy (non-hydrogen) atoms. The molecular formula is C32H32N2O4. The first-order valence-electron chi connectivity index (χ1n) is 13.4. The van der Waals surface area contributed by atoms with Crippen molar-refractivity contribution in [3.63, 3.8) is 0 Å². The van der Waals surface area contributed by atoms with Crippen LogP contribution in [0.1, 0.15) is 82.7 Å². The maximum atomic E-state index is 11.2. The molecule has 4 unspecified atom stereocenters. The van der Waals surface area contributed by atoms with Gasteiger partial charge in [0.2, 0.25) is 0 Å². The van der Waals surface area contributed by atoms with Gasteiger partial charge in [-0.25, -0.2) is 0 Å². The topological polar surface area (TPSA) is 90.8 Å². The molecule has 2 heterocycles. The molecule has 4 aliphatic rings. The number of hydrogen-bond acceptors (Lipinski definition) is 4. The molecule has 6 heteroatoms. The summed E-state index contributed by atoms with van der Waals surface area (Å²) >= 11 is 0. The molecule has 0 spiro atoms. The van der Waals surface area contributed by atoms with Gasteiger partial charge in [-0.15, -0.1) is 13.2 Å². The van der Waals surface area contributed by atoms with Crippen LogP contribution in [0.2, 0.25) is 0 Å². The second-order valence-corrected chi connectivity index (χ2v) is 11.1. The third-order valence-electron chi connectivity index (χ3n) is 9.25. The summed E-state index contributed by atoms with van der Waals surface area (Å²) in [4.78, 5) is 0. The average molecular weight is 509 g/mol. The highest BCUT2D eigenvalue weighted by atomic mass is 16.3. The molecule has 0 fully saturated rings. The van der Waals surface area contributed by atoms with Gasteiger partial charge in [-0.05, 0) is 36.8 Å². The van der Waals surface area contributed by atoms with E-state index in [9.17, 15) is 20.4 Å². The van der Waals surface area contributed by atoms with E-state index in [0.29, 0.717) is 0 Å². The Labute approximate surface area is 221 Å². The predicted octanol–water partition coefficient (Wildman–Crippen LogP) is 6.38. The van der Waals surface area contributed by atoms with E-state index in [4.69, 9.17) is 0 Å². The van der Waals surface area contributed by atoms with Crippen LogP contribution >= 0.6 is 0 Å². The third kappa shape index (κ3) is 3.00. The van der Waals surface area contributed by atoms with Crippen molar-refractivity contribution in [3.8, 4) is 23.5 Å². The lowest BCUT2D eigenvalue weighted by molar-refractivity contribution is 0.365. The van der Waals surface area contributed by atoms with Crippen molar-refractivity contribution < 1.29 is 20.4 Å². The smallest absolute Gasteiger partial charge is 0.198 e. The fourth-order valence-corrected chi connectivity index (χ4v) is 7.65. The molecule has 6 nitrogen and oxygen atoms in total. The van der Waals surface area contributed by atoms with Crippen molar-refractivity contribution in [2.75, 3.05) is 0 Å². The average Bonchev–Trinajstić information content (AvgIpc) is 3.73. The molecule has 0 amide bonds. The van der Waals surface area contributed by atoms with Crippen LogP contribution in [-0.2, 0) is 13.1 Å². The summed E-state index contributed by atoms with van der Waals surface area (Å²) in [7, 11) is 0. The summed E-state index contributed by atoms with van der Waals surface area (Å²) in [5, 5.41) is 44.8. The first-order valence-corrected chi connectivity index (χ1v) is 13.4. The van der Waals surface area contributed by atoms with Gasteiger partial charge in [0.1, 0.15) is 0 Å². The molecule has 4 atom stereocenters. The molecule has 0 saturated heterocycles. The number of benzene rings is 1. The molecule has 0 aliphatic heterocycles. The van der Waals surface area contributed by atoms with Crippen molar-refractivity contribution in [2.45, 2.75) is 62.4 Å². The lowest BCUT2D eigenvalue weighted by atomic mass is 9.92. The summed E-state index contributed by atoms with van der Waals surface area (Å²) in [5.41, 5.74) is 7.70. The maximum Gasteiger partial charge on any atom is 0.198 e. The first kappa shape index (κ1) is 23.1. The van der Waals surface area contributed by atoms with Gasteiger partial charge in [-0.1, -0.05) is 59.7 Å². The normalized spacial score (nSPS) is 23.9. The number of allylic oxidation sites excluding steroid dienone is 6. The minimum atomic E-state index is 0.122. The molecule has 0 saturated carbocycles. The van der Waals surface area contributed by atoms with Gasteiger partial charge >= 0.3 is 0 Å². The monoisotopic (exact) mass is 508 g/mol. The number of rotatable bonds is 8. The van der Waals surface area contributed by atoms with Crippen LogP contribution in [0.4, 0.5) is 0 Å². The van der Waals surface area contributed by atoms with Gasteiger partial charge in [0.05, 0.1) is 13.1 Å². The summed E-state index contributed by atoms with van der Waals surface area (Å²) in [6.07, 6.45) is 11.6. The first-order chi connectivity index (χ1) is 18.4. The number of aromatic hydroxyl groups is 4. The second-order valence-electron chi connectivity index (χ2n) is 11.1. The van der Waals surface area contributed by atoms with E-state index in [1.807, 2.05) is 36.4 Å². The van der Waals surface area contributed by atoms with Gasteiger partial charge in [-0.2, -0.15) is 0 Å². The highest BCUT2D eigenvalue weighted by Crippen LogP contribution is 2.61. The second kappa shape index (κ2) is 8.22. The minimum absolute atomic E-state index is 0.122. The largest absolute Gasteiger partial charge is 0.494 e. The Morgan fingerprint density at radius 3 is 1.45 bits per heavy atom. The molecule has 0 radical (unpaired) electrons. The van der Waals surface area contributed by atoms with Crippen molar-refractivity contribution in [2.24, 2.45) is 0 Å². The Morgan fingerprint density at radius 1 is 0.658 bits per heavy atom. The van der Waals surface area contributed by atoms with E-state index in [0.717, 1.165) is 59.1 Å². The highest BCUT2D eigenvalue weighted by Gasteiger charge is 2.45. The highest BCUT2D eigenvalue weighted by molar-refractivity contribution is 5.62. The van der Waals surface area contributed by atoms with Gasteiger partial charge in [0, 0.05) is 45.9 Å². The van der Waals surface area contributed by atoms with Crippen molar-refractivity contribution in [1.82, 2.24) is 9.13 Å². The summed E-state index contributed by atoms with van der Waals surface area (Å²) in [6, 6.07) is 7.79. The van der Waals surface area contributed by atoms with Crippen LogP contribution in [0.3, 0.4) is 0 Å². The fourth-order valence-electron chi connectivity index (χ4n) is 7.65. The van der Waals surface area contributed by atoms with E-state index in [1.165, 1.54) is 11.1 Å². The quantitative estimate of drug-likeness (QED) is 0.266. The number of hydrogen-bond donors (Lipinski definition) is 4. The number of fused-ring (bicyclic) bond motifs is 10. The molecule has 4 N–H and O–H groups in total. The van der Waals surface area contributed by atoms with Crippen LogP contribution < -0.4 is 0 Å². The fraction of sp³-hybridized carbons (Fsp3) is 0.312. The Hall–Kier alpha value is -4.06. The molecule has 3 aromatic rings. The zero-order valence-electron chi connectivity index (χ0n) is 21.3. The van der Waals surface area contributed by atoms with E-state index >= 15 is 0 Å². The third-order valence-corrected chi connectivity index (χ3v) is 9.25. The SMILES string of the molecule is C=CCC1=CC2CC1c1c2c(O)n(Cc2ccccc2Cn2c(O)c3c(c2O)C2CC3C=C2CC=C)c1O. The van der Waals surface area contributed by atoms with Crippen LogP contribution in [0.15, 0.2) is 72.9 Å². The molecule has 7 rings (SSSR count). The number of aromatic nitrogens is 2. The van der Waals surface area contributed by atoms with E-state index in [-0.39, 0.29) is 60.3 Å². The summed E-state index contributed by atoms with van der Waals surface area (Å²) < 4.78 is 3.18.